The Bertz CT molecular complexity index is 849. The molecule has 8 heteroatoms. The topological polar surface area (TPSA) is 43.9 Å². The van der Waals surface area contributed by atoms with E-state index in [1.54, 1.807) is 23.5 Å². The molecule has 1 aromatic carbocycles. The first-order chi connectivity index (χ1) is 13.0. The van der Waals surface area contributed by atoms with Crippen LogP contribution in [-0.4, -0.2) is 53.8 Å². The second-order valence-electron chi connectivity index (χ2n) is 6.78. The van der Waals surface area contributed by atoms with Gasteiger partial charge in [0.2, 0.25) is 5.91 Å². The number of halogens is 2. The summed E-state index contributed by atoms with van der Waals surface area (Å²) >= 11 is 11.0. The Kier molecular flexibility index (Phi) is 5.66. The lowest BCUT2D eigenvalue weighted by Gasteiger charge is -2.36. The summed E-state index contributed by atoms with van der Waals surface area (Å²) in [6, 6.07) is 10.9. The predicted molar refractivity (Wildman–Crippen MR) is 111 cm³/mol. The van der Waals surface area contributed by atoms with Gasteiger partial charge in [-0.05, 0) is 36.4 Å². The van der Waals surface area contributed by atoms with Crippen molar-refractivity contribution in [2.45, 2.75) is 19.0 Å². The average molecular weight is 469 g/mol. The minimum absolute atomic E-state index is 0.110. The lowest BCUT2D eigenvalue weighted by molar-refractivity contribution is -0.123. The summed E-state index contributed by atoms with van der Waals surface area (Å²) < 4.78 is 1.73. The second-order valence-corrected chi connectivity index (χ2v) is 9.50. The van der Waals surface area contributed by atoms with Gasteiger partial charge in [0.25, 0.3) is 5.91 Å². The molecule has 2 aromatic rings. The number of nitrogens with zero attached hydrogens (tertiary/aromatic N) is 3. The molecule has 5 nitrogen and oxygen atoms in total. The third-order valence-corrected chi connectivity index (χ3v) is 6.81. The molecule has 142 valence electrons. The summed E-state index contributed by atoms with van der Waals surface area (Å²) in [5.41, 5.74) is 0.643. The number of carbonyl (C=O) groups is 2. The highest BCUT2D eigenvalue weighted by Crippen LogP contribution is 2.28. The maximum Gasteiger partial charge on any atom is 0.251 e. The predicted octanol–water partition coefficient (Wildman–Crippen LogP) is 3.61. The van der Waals surface area contributed by atoms with Crippen molar-refractivity contribution in [3.05, 3.63) is 50.1 Å². The number of carbonyl (C=O) groups excluding carboxylic acids is 2. The van der Waals surface area contributed by atoms with E-state index in [4.69, 9.17) is 11.6 Å². The van der Waals surface area contributed by atoms with E-state index in [9.17, 15) is 9.59 Å². The highest BCUT2D eigenvalue weighted by molar-refractivity contribution is 9.10. The molecule has 1 aromatic heterocycles. The molecule has 0 aliphatic carbocycles. The highest BCUT2D eigenvalue weighted by Gasteiger charge is 2.43. The number of hydrogen-bond donors (Lipinski definition) is 0. The van der Waals surface area contributed by atoms with Crippen molar-refractivity contribution < 1.29 is 9.59 Å². The van der Waals surface area contributed by atoms with E-state index in [0.717, 1.165) is 41.5 Å². The first kappa shape index (κ1) is 19.1. The Hall–Kier alpha value is -1.25. The fourth-order valence-electron chi connectivity index (χ4n) is 3.65. The van der Waals surface area contributed by atoms with E-state index in [-0.39, 0.29) is 24.3 Å². The largest absolute Gasteiger partial charge is 0.296 e. The molecular weight excluding hydrogens is 450 g/mol. The van der Waals surface area contributed by atoms with Crippen LogP contribution in [0.15, 0.2) is 40.9 Å². The zero-order valence-electron chi connectivity index (χ0n) is 14.6. The van der Waals surface area contributed by atoms with Crippen molar-refractivity contribution in [2.24, 2.45) is 0 Å². The van der Waals surface area contributed by atoms with Crippen molar-refractivity contribution >= 4 is 56.4 Å². The Morgan fingerprint density at radius 2 is 1.74 bits per heavy atom. The van der Waals surface area contributed by atoms with Crippen LogP contribution in [0.25, 0.3) is 0 Å². The smallest absolute Gasteiger partial charge is 0.251 e. The second kappa shape index (κ2) is 8.01. The third-order valence-electron chi connectivity index (χ3n) is 5.06. The molecule has 0 saturated carbocycles. The summed E-state index contributed by atoms with van der Waals surface area (Å²) in [5.74, 6) is -0.233. The van der Waals surface area contributed by atoms with Gasteiger partial charge < -0.3 is 0 Å². The fourth-order valence-corrected chi connectivity index (χ4v) is 5.05. The van der Waals surface area contributed by atoms with Crippen LogP contribution in [0.2, 0.25) is 4.34 Å². The number of thiophene rings is 1. The van der Waals surface area contributed by atoms with Crippen molar-refractivity contribution in [1.82, 2.24) is 9.80 Å². The van der Waals surface area contributed by atoms with E-state index < -0.39 is 0 Å². The van der Waals surface area contributed by atoms with Crippen LogP contribution in [0, 0.1) is 0 Å². The van der Waals surface area contributed by atoms with Gasteiger partial charge in [0, 0.05) is 42.1 Å². The first-order valence-corrected chi connectivity index (χ1v) is 10.8. The van der Waals surface area contributed by atoms with Crippen LogP contribution in [0.3, 0.4) is 0 Å². The SMILES string of the molecule is O=C1C[C@H](N2CCN(Cc3ccc(Cl)s3)CC2)C(=O)N1c1ccc(Br)cc1. The van der Waals surface area contributed by atoms with Crippen LogP contribution in [-0.2, 0) is 16.1 Å². The molecule has 2 amide bonds. The van der Waals surface area contributed by atoms with Gasteiger partial charge in [-0.15, -0.1) is 11.3 Å². The monoisotopic (exact) mass is 467 g/mol. The van der Waals surface area contributed by atoms with E-state index in [1.807, 2.05) is 18.2 Å². The molecule has 0 bridgehead atoms. The van der Waals surface area contributed by atoms with Crippen LogP contribution in [0.5, 0.6) is 0 Å². The summed E-state index contributed by atoms with van der Waals surface area (Å²) in [5, 5.41) is 0. The molecule has 4 rings (SSSR count). The Balaban J connectivity index is 1.38. The molecule has 2 aliphatic rings. The normalized spacial score (nSPS) is 22.0. The molecule has 2 aliphatic heterocycles. The minimum Gasteiger partial charge on any atom is -0.296 e. The number of anilines is 1. The van der Waals surface area contributed by atoms with Gasteiger partial charge in [0.15, 0.2) is 0 Å². The molecule has 0 spiro atoms. The fraction of sp³-hybridized carbons (Fsp3) is 0.368. The molecule has 2 fully saturated rings. The zero-order valence-corrected chi connectivity index (χ0v) is 17.8. The van der Waals surface area contributed by atoms with E-state index in [1.165, 1.54) is 9.78 Å². The van der Waals surface area contributed by atoms with E-state index in [0.29, 0.717) is 5.69 Å². The Labute approximate surface area is 175 Å². The van der Waals surface area contributed by atoms with Crippen LogP contribution < -0.4 is 4.90 Å². The van der Waals surface area contributed by atoms with Crippen molar-refractivity contribution in [1.29, 1.82) is 0 Å². The van der Waals surface area contributed by atoms with Crippen molar-refractivity contribution in [2.75, 3.05) is 31.1 Å². The lowest BCUT2D eigenvalue weighted by Crippen LogP contribution is -2.52. The molecule has 0 unspecified atom stereocenters. The van der Waals surface area contributed by atoms with Crippen molar-refractivity contribution in [3.8, 4) is 0 Å². The van der Waals surface area contributed by atoms with Crippen LogP contribution in [0.1, 0.15) is 11.3 Å². The molecule has 0 radical (unpaired) electrons. The van der Waals surface area contributed by atoms with Crippen LogP contribution >= 0.6 is 38.9 Å². The number of benzene rings is 1. The number of hydrogen-bond acceptors (Lipinski definition) is 5. The van der Waals surface area contributed by atoms with Gasteiger partial charge in [0.1, 0.15) is 0 Å². The molecule has 3 heterocycles. The summed E-state index contributed by atoms with van der Waals surface area (Å²) in [6.45, 7) is 4.22. The van der Waals surface area contributed by atoms with Gasteiger partial charge in [-0.2, -0.15) is 0 Å². The maximum absolute atomic E-state index is 12.9. The van der Waals surface area contributed by atoms with Gasteiger partial charge in [-0.3, -0.25) is 19.4 Å². The standard InChI is InChI=1S/C19H19BrClN3O2S/c20-13-1-3-14(4-2-13)24-18(25)11-16(19(24)26)23-9-7-22(8-10-23)12-15-5-6-17(21)27-15/h1-6,16H,7-12H2/t16-/m0/s1. The maximum atomic E-state index is 12.9. The van der Waals surface area contributed by atoms with Crippen molar-refractivity contribution in [3.63, 3.8) is 0 Å². The quantitative estimate of drug-likeness (QED) is 0.643. The Morgan fingerprint density at radius 1 is 1.04 bits per heavy atom. The number of piperazine rings is 1. The minimum atomic E-state index is -0.348. The highest BCUT2D eigenvalue weighted by atomic mass is 79.9. The van der Waals surface area contributed by atoms with Crippen LogP contribution in [0.4, 0.5) is 5.69 Å². The number of imide groups is 1. The number of amides is 2. The summed E-state index contributed by atoms with van der Waals surface area (Å²) in [4.78, 5) is 32.5. The zero-order chi connectivity index (χ0) is 19.0. The average Bonchev–Trinajstić information content (AvgIpc) is 3.19. The molecule has 0 N–H and O–H groups in total. The molecule has 1 atom stereocenters. The first-order valence-electron chi connectivity index (χ1n) is 8.84. The number of rotatable bonds is 4. The van der Waals surface area contributed by atoms with E-state index >= 15 is 0 Å². The third kappa shape index (κ3) is 4.12. The lowest BCUT2D eigenvalue weighted by atomic mass is 10.1. The van der Waals surface area contributed by atoms with E-state index in [2.05, 4.69) is 31.8 Å². The van der Waals surface area contributed by atoms with Gasteiger partial charge in [-0.25, -0.2) is 4.90 Å². The van der Waals surface area contributed by atoms with Gasteiger partial charge in [0.05, 0.1) is 22.5 Å². The van der Waals surface area contributed by atoms with Gasteiger partial charge >= 0.3 is 0 Å². The molecule has 2 saturated heterocycles. The Morgan fingerprint density at radius 3 is 2.37 bits per heavy atom. The van der Waals surface area contributed by atoms with Gasteiger partial charge in [-0.1, -0.05) is 27.5 Å². The summed E-state index contributed by atoms with van der Waals surface area (Å²) in [6.07, 6.45) is 0.259. The molecular formula is C19H19BrClN3O2S. The molecule has 27 heavy (non-hydrogen) atoms. The summed E-state index contributed by atoms with van der Waals surface area (Å²) in [7, 11) is 0.